The Hall–Kier alpha value is -3.01. The highest BCUT2D eigenvalue weighted by molar-refractivity contribution is 5.51. The summed E-state index contributed by atoms with van der Waals surface area (Å²) in [7, 11) is 2.87. The summed E-state index contributed by atoms with van der Waals surface area (Å²) in [5.74, 6) is 1.39. The molecule has 7 nitrogen and oxygen atoms in total. The second-order valence-electron chi connectivity index (χ2n) is 6.25. The zero-order valence-electron chi connectivity index (χ0n) is 14.9. The summed E-state index contributed by atoms with van der Waals surface area (Å²) in [5.41, 5.74) is -0.266. The number of aromatic nitrogens is 2. The van der Waals surface area contributed by atoms with Crippen LogP contribution in [0.25, 0.3) is 0 Å². The number of anilines is 1. The predicted octanol–water partition coefficient (Wildman–Crippen LogP) is 1.60. The maximum atomic E-state index is 12.1. The smallest absolute Gasteiger partial charge is 0.332 e. The molecule has 0 aliphatic carbocycles. The lowest BCUT2D eigenvalue weighted by atomic mass is 10.2. The molecule has 0 saturated carbocycles. The molecular formula is C18H22N4O3. The third-order valence-corrected chi connectivity index (χ3v) is 3.72. The molecule has 25 heavy (non-hydrogen) atoms. The van der Waals surface area contributed by atoms with Gasteiger partial charge in [-0.3, -0.25) is 13.9 Å². The maximum Gasteiger partial charge on any atom is 0.332 e. The van der Waals surface area contributed by atoms with Gasteiger partial charge in [0.1, 0.15) is 17.6 Å². The second kappa shape index (κ2) is 7.71. The molecule has 0 bridgehead atoms. The molecule has 2 rings (SSSR count). The molecular weight excluding hydrogens is 320 g/mol. The van der Waals surface area contributed by atoms with E-state index in [2.05, 4.69) is 19.2 Å². The lowest BCUT2D eigenvalue weighted by Crippen LogP contribution is -2.39. The maximum absolute atomic E-state index is 12.1. The van der Waals surface area contributed by atoms with E-state index in [0.717, 1.165) is 15.9 Å². The molecule has 0 saturated heterocycles. The Morgan fingerprint density at radius 2 is 1.96 bits per heavy atom. The second-order valence-corrected chi connectivity index (χ2v) is 6.25. The minimum atomic E-state index is -0.609. The average Bonchev–Trinajstić information content (AvgIpc) is 2.60. The molecule has 0 atom stereocenters. The fourth-order valence-electron chi connectivity index (χ4n) is 2.35. The number of benzene rings is 1. The number of hydrogen-bond donors (Lipinski definition) is 1. The highest BCUT2D eigenvalue weighted by atomic mass is 16.5. The first-order valence-corrected chi connectivity index (χ1v) is 8.00. The van der Waals surface area contributed by atoms with Gasteiger partial charge in [-0.2, -0.15) is 5.26 Å². The molecule has 0 spiro atoms. The molecule has 2 aromatic rings. The van der Waals surface area contributed by atoms with Crippen LogP contribution in [0.5, 0.6) is 5.75 Å². The topological polar surface area (TPSA) is 89.1 Å². The van der Waals surface area contributed by atoms with E-state index in [4.69, 9.17) is 4.74 Å². The van der Waals surface area contributed by atoms with Gasteiger partial charge in [0, 0.05) is 20.6 Å². The summed E-state index contributed by atoms with van der Waals surface area (Å²) in [6.07, 6.45) is 0. The van der Waals surface area contributed by atoms with Crippen molar-refractivity contribution in [3.63, 3.8) is 0 Å². The Kier molecular flexibility index (Phi) is 5.65. The van der Waals surface area contributed by atoms with Gasteiger partial charge in [0.25, 0.3) is 5.56 Å². The fourth-order valence-corrected chi connectivity index (χ4v) is 2.35. The van der Waals surface area contributed by atoms with Crippen molar-refractivity contribution in [2.45, 2.75) is 20.4 Å². The number of rotatable bonds is 6. The van der Waals surface area contributed by atoms with Gasteiger partial charge < -0.3 is 10.1 Å². The third-order valence-electron chi connectivity index (χ3n) is 3.72. The number of hydrogen-bond acceptors (Lipinski definition) is 5. The van der Waals surface area contributed by atoms with Crippen LogP contribution < -0.4 is 21.3 Å². The highest BCUT2D eigenvalue weighted by Gasteiger charge is 2.15. The number of ether oxygens (including phenoxy) is 1. The number of nitrogens with one attached hydrogen (secondary N) is 1. The summed E-state index contributed by atoms with van der Waals surface area (Å²) in [6, 6.07) is 9.42. The Balaban J connectivity index is 2.25. The van der Waals surface area contributed by atoms with Gasteiger partial charge >= 0.3 is 5.69 Å². The number of nitrogens with zero attached hydrogens (tertiary/aromatic N) is 3. The normalized spacial score (nSPS) is 10.6. The van der Waals surface area contributed by atoms with Crippen molar-refractivity contribution >= 4 is 5.82 Å². The van der Waals surface area contributed by atoms with E-state index in [1.807, 2.05) is 30.3 Å². The van der Waals surface area contributed by atoms with Gasteiger partial charge in [-0.25, -0.2) is 4.79 Å². The van der Waals surface area contributed by atoms with Crippen molar-refractivity contribution in [3.05, 3.63) is 56.2 Å². The van der Waals surface area contributed by atoms with Gasteiger partial charge in [-0.05, 0) is 23.6 Å². The molecule has 0 unspecified atom stereocenters. The summed E-state index contributed by atoms with van der Waals surface area (Å²) >= 11 is 0. The first kappa shape index (κ1) is 18.3. The zero-order valence-corrected chi connectivity index (χ0v) is 14.9. The van der Waals surface area contributed by atoms with E-state index >= 15 is 0 Å². The van der Waals surface area contributed by atoms with E-state index in [0.29, 0.717) is 19.1 Å². The third kappa shape index (κ3) is 4.10. The molecule has 7 heteroatoms. The average molecular weight is 342 g/mol. The molecule has 1 aromatic heterocycles. The quantitative estimate of drug-likeness (QED) is 0.861. The van der Waals surface area contributed by atoms with Crippen molar-refractivity contribution in [2.24, 2.45) is 20.0 Å². The van der Waals surface area contributed by atoms with Crippen LogP contribution in [-0.4, -0.2) is 15.7 Å². The van der Waals surface area contributed by atoms with E-state index in [-0.39, 0.29) is 11.4 Å². The van der Waals surface area contributed by atoms with Crippen molar-refractivity contribution in [1.29, 1.82) is 5.26 Å². The van der Waals surface area contributed by atoms with E-state index < -0.39 is 11.2 Å². The summed E-state index contributed by atoms with van der Waals surface area (Å²) < 4.78 is 7.88. The zero-order chi connectivity index (χ0) is 18.6. The van der Waals surface area contributed by atoms with Crippen molar-refractivity contribution in [1.82, 2.24) is 9.13 Å². The Labute approximate surface area is 146 Å². The van der Waals surface area contributed by atoms with Gasteiger partial charge in [0.15, 0.2) is 5.56 Å². The first-order valence-electron chi connectivity index (χ1n) is 8.00. The Morgan fingerprint density at radius 1 is 1.24 bits per heavy atom. The molecule has 0 fully saturated rings. The molecule has 0 aliphatic heterocycles. The van der Waals surface area contributed by atoms with Crippen LogP contribution >= 0.6 is 0 Å². The monoisotopic (exact) mass is 342 g/mol. The van der Waals surface area contributed by atoms with Crippen molar-refractivity contribution in [3.8, 4) is 11.8 Å². The van der Waals surface area contributed by atoms with Crippen LogP contribution in [0.3, 0.4) is 0 Å². The molecule has 132 valence electrons. The van der Waals surface area contributed by atoms with Crippen LogP contribution in [0.4, 0.5) is 5.82 Å². The molecule has 0 aliphatic rings. The van der Waals surface area contributed by atoms with Gasteiger partial charge in [0.05, 0.1) is 6.61 Å². The van der Waals surface area contributed by atoms with Crippen molar-refractivity contribution in [2.75, 3.05) is 11.9 Å². The van der Waals surface area contributed by atoms with Crippen molar-refractivity contribution < 1.29 is 4.74 Å². The molecule has 0 radical (unpaired) electrons. The van der Waals surface area contributed by atoms with Crippen LogP contribution in [-0.2, 0) is 20.6 Å². The van der Waals surface area contributed by atoms with Crippen LogP contribution in [0, 0.1) is 17.2 Å². The summed E-state index contributed by atoms with van der Waals surface area (Å²) in [5, 5.41) is 12.3. The number of nitriles is 1. The standard InChI is InChI=1S/C18H22N4O3/c1-12(2)11-25-14-7-5-6-13(8-14)10-20-16-15(9-19)17(23)22(4)18(24)21(16)3/h5-8,12,20H,10-11H2,1-4H3. The fraction of sp³-hybridized carbons (Fsp3) is 0.389. The largest absolute Gasteiger partial charge is 0.493 e. The van der Waals surface area contributed by atoms with Gasteiger partial charge in [-0.1, -0.05) is 26.0 Å². The van der Waals surface area contributed by atoms with E-state index in [9.17, 15) is 14.9 Å². The summed E-state index contributed by atoms with van der Waals surface area (Å²) in [4.78, 5) is 24.1. The lowest BCUT2D eigenvalue weighted by Gasteiger charge is -2.14. The minimum absolute atomic E-state index is 0.0863. The van der Waals surface area contributed by atoms with Gasteiger partial charge in [0.2, 0.25) is 0 Å². The lowest BCUT2D eigenvalue weighted by molar-refractivity contribution is 0.271. The minimum Gasteiger partial charge on any atom is -0.493 e. The van der Waals surface area contributed by atoms with Crippen LogP contribution in [0.2, 0.25) is 0 Å². The van der Waals surface area contributed by atoms with Crippen LogP contribution in [0.15, 0.2) is 33.9 Å². The molecule has 1 heterocycles. The predicted molar refractivity (Wildman–Crippen MR) is 95.7 cm³/mol. The molecule has 0 amide bonds. The first-order chi connectivity index (χ1) is 11.8. The SMILES string of the molecule is CC(C)COc1cccc(CNc2c(C#N)c(=O)n(C)c(=O)n2C)c1. The van der Waals surface area contributed by atoms with E-state index in [1.165, 1.54) is 18.7 Å². The highest BCUT2D eigenvalue weighted by Crippen LogP contribution is 2.16. The van der Waals surface area contributed by atoms with Gasteiger partial charge in [-0.15, -0.1) is 0 Å². The summed E-state index contributed by atoms with van der Waals surface area (Å²) in [6.45, 7) is 5.13. The Bertz CT molecular complexity index is 919. The molecule has 1 N–H and O–H groups in total. The Morgan fingerprint density at radius 3 is 2.60 bits per heavy atom. The molecule has 1 aromatic carbocycles. The van der Waals surface area contributed by atoms with Crippen LogP contribution in [0.1, 0.15) is 25.0 Å². The van der Waals surface area contributed by atoms with E-state index in [1.54, 1.807) is 0 Å².